The van der Waals surface area contributed by atoms with Gasteiger partial charge in [0.2, 0.25) is 5.91 Å². The van der Waals surface area contributed by atoms with Gasteiger partial charge in [0.1, 0.15) is 0 Å². The first-order valence-electron chi connectivity index (χ1n) is 7.68. The number of hydrogen-bond donors (Lipinski definition) is 1. The summed E-state index contributed by atoms with van der Waals surface area (Å²) in [6.07, 6.45) is 6.16. The number of unbranched alkanes of at least 4 members (excludes halogenated alkanes) is 1. The Hall–Kier alpha value is -1.85. The van der Waals surface area contributed by atoms with Gasteiger partial charge < -0.3 is 10.2 Å². The molecule has 1 fully saturated rings. The number of nitrogens with zero attached hydrogens (tertiary/aromatic N) is 3. The molecule has 6 nitrogen and oxygen atoms in total. The minimum absolute atomic E-state index is 0.0949. The first-order valence-corrected chi connectivity index (χ1v) is 7.68. The number of rotatable bonds is 5. The van der Waals surface area contributed by atoms with Crippen LogP contribution in [0.2, 0.25) is 0 Å². The molecule has 1 amide bonds. The van der Waals surface area contributed by atoms with Crippen LogP contribution in [-0.2, 0) is 11.8 Å². The number of carbonyl (C=O) groups excluding carboxylic acids is 1. The summed E-state index contributed by atoms with van der Waals surface area (Å²) in [6, 6.07) is 1.87. The Labute approximate surface area is 125 Å². The van der Waals surface area contributed by atoms with E-state index in [1.807, 2.05) is 0 Å². The Bertz CT molecular complexity index is 533. The smallest absolute Gasteiger partial charge is 0.268 e. The summed E-state index contributed by atoms with van der Waals surface area (Å²) in [5, 5.41) is 7.15. The number of amides is 1. The van der Waals surface area contributed by atoms with E-state index in [2.05, 4.69) is 22.2 Å². The highest BCUT2D eigenvalue weighted by molar-refractivity contribution is 5.76. The van der Waals surface area contributed by atoms with E-state index < -0.39 is 0 Å². The molecule has 0 atom stereocenters. The van der Waals surface area contributed by atoms with Crippen LogP contribution in [0.5, 0.6) is 0 Å². The molecule has 21 heavy (non-hydrogen) atoms. The summed E-state index contributed by atoms with van der Waals surface area (Å²) >= 11 is 0. The molecule has 1 aromatic rings. The van der Waals surface area contributed by atoms with E-state index in [9.17, 15) is 9.59 Å². The molecule has 0 bridgehead atoms. The molecule has 1 aliphatic heterocycles. The minimum Gasteiger partial charge on any atom is -0.370 e. The highest BCUT2D eigenvalue weighted by Crippen LogP contribution is 2.17. The zero-order chi connectivity index (χ0) is 15.2. The van der Waals surface area contributed by atoms with Crippen molar-refractivity contribution in [1.29, 1.82) is 0 Å². The Kier molecular flexibility index (Phi) is 5.36. The maximum Gasteiger partial charge on any atom is 0.268 e. The van der Waals surface area contributed by atoms with Gasteiger partial charge in [-0.25, -0.2) is 4.68 Å². The number of hydrogen-bond acceptors (Lipinski definition) is 4. The van der Waals surface area contributed by atoms with Crippen LogP contribution in [0.1, 0.15) is 39.0 Å². The van der Waals surface area contributed by atoms with Crippen LogP contribution < -0.4 is 15.8 Å². The third-order valence-electron chi connectivity index (χ3n) is 3.94. The van der Waals surface area contributed by atoms with E-state index in [1.54, 1.807) is 19.3 Å². The Morgan fingerprint density at radius 1 is 1.43 bits per heavy atom. The molecule has 116 valence electrons. The fourth-order valence-electron chi connectivity index (χ4n) is 2.55. The van der Waals surface area contributed by atoms with E-state index >= 15 is 0 Å². The summed E-state index contributed by atoms with van der Waals surface area (Å²) < 4.78 is 1.32. The van der Waals surface area contributed by atoms with Crippen LogP contribution in [0.4, 0.5) is 5.69 Å². The molecule has 0 spiro atoms. The number of piperidine rings is 1. The van der Waals surface area contributed by atoms with Crippen molar-refractivity contribution in [2.75, 3.05) is 18.0 Å². The third-order valence-corrected chi connectivity index (χ3v) is 3.94. The van der Waals surface area contributed by atoms with Crippen molar-refractivity contribution >= 4 is 11.6 Å². The Morgan fingerprint density at radius 2 is 2.14 bits per heavy atom. The van der Waals surface area contributed by atoms with Crippen LogP contribution >= 0.6 is 0 Å². The van der Waals surface area contributed by atoms with E-state index in [0.717, 1.165) is 44.5 Å². The molecule has 0 saturated carbocycles. The number of anilines is 1. The second kappa shape index (κ2) is 7.24. The number of nitrogens with one attached hydrogen (secondary N) is 1. The van der Waals surface area contributed by atoms with Gasteiger partial charge in [-0.15, -0.1) is 0 Å². The van der Waals surface area contributed by atoms with Crippen LogP contribution in [0.3, 0.4) is 0 Å². The fourth-order valence-corrected chi connectivity index (χ4v) is 2.55. The monoisotopic (exact) mass is 292 g/mol. The van der Waals surface area contributed by atoms with Gasteiger partial charge in [-0.1, -0.05) is 13.3 Å². The quantitative estimate of drug-likeness (QED) is 0.881. The van der Waals surface area contributed by atoms with Crippen molar-refractivity contribution in [3.8, 4) is 0 Å². The van der Waals surface area contributed by atoms with Crippen LogP contribution in [0.15, 0.2) is 17.1 Å². The van der Waals surface area contributed by atoms with Crippen LogP contribution in [0.25, 0.3) is 0 Å². The van der Waals surface area contributed by atoms with Gasteiger partial charge in [0.15, 0.2) is 0 Å². The van der Waals surface area contributed by atoms with Gasteiger partial charge in [-0.05, 0) is 19.3 Å². The average Bonchev–Trinajstić information content (AvgIpc) is 2.49. The lowest BCUT2D eigenvalue weighted by atomic mass is 10.0. The standard InChI is InChI=1S/C15H24N4O2/c1-3-4-5-14(20)17-12-6-8-19(9-7-12)13-10-15(21)18(2)16-11-13/h10-12H,3-9H2,1-2H3,(H,17,20). The van der Waals surface area contributed by atoms with Gasteiger partial charge in [-0.3, -0.25) is 9.59 Å². The maximum atomic E-state index is 11.7. The predicted octanol–water partition coefficient (Wildman–Crippen LogP) is 1.06. The summed E-state index contributed by atoms with van der Waals surface area (Å²) in [6.45, 7) is 3.77. The van der Waals surface area contributed by atoms with Gasteiger partial charge >= 0.3 is 0 Å². The average molecular weight is 292 g/mol. The molecule has 1 aromatic heterocycles. The van der Waals surface area contributed by atoms with Crippen molar-refractivity contribution in [3.63, 3.8) is 0 Å². The fraction of sp³-hybridized carbons (Fsp3) is 0.667. The summed E-state index contributed by atoms with van der Waals surface area (Å²) in [4.78, 5) is 25.5. The zero-order valence-corrected chi connectivity index (χ0v) is 12.8. The SMILES string of the molecule is CCCCC(=O)NC1CCN(c2cnn(C)c(=O)c2)CC1. The molecule has 2 rings (SSSR count). The van der Waals surface area contributed by atoms with Crippen LogP contribution in [-0.4, -0.2) is 34.8 Å². The van der Waals surface area contributed by atoms with E-state index in [-0.39, 0.29) is 17.5 Å². The predicted molar refractivity (Wildman–Crippen MR) is 82.4 cm³/mol. The second-order valence-electron chi connectivity index (χ2n) is 5.61. The third kappa shape index (κ3) is 4.31. The summed E-state index contributed by atoms with van der Waals surface area (Å²) in [5.41, 5.74) is 0.774. The molecule has 0 radical (unpaired) electrons. The molecule has 0 unspecified atom stereocenters. The van der Waals surface area contributed by atoms with Crippen molar-refractivity contribution in [2.45, 2.75) is 45.1 Å². The lowest BCUT2D eigenvalue weighted by molar-refractivity contribution is -0.122. The molecule has 0 aromatic carbocycles. The van der Waals surface area contributed by atoms with Gasteiger partial charge in [0.25, 0.3) is 5.56 Å². The van der Waals surface area contributed by atoms with Gasteiger partial charge in [0, 0.05) is 38.7 Å². The molecular formula is C15H24N4O2. The van der Waals surface area contributed by atoms with Crippen molar-refractivity contribution in [3.05, 3.63) is 22.6 Å². The molecule has 1 N–H and O–H groups in total. The van der Waals surface area contributed by atoms with Crippen molar-refractivity contribution < 1.29 is 4.79 Å². The molecular weight excluding hydrogens is 268 g/mol. The van der Waals surface area contributed by atoms with Gasteiger partial charge in [-0.2, -0.15) is 5.10 Å². The highest BCUT2D eigenvalue weighted by Gasteiger charge is 2.21. The van der Waals surface area contributed by atoms with E-state index in [4.69, 9.17) is 0 Å². The normalized spacial score (nSPS) is 16.0. The van der Waals surface area contributed by atoms with Crippen LogP contribution in [0, 0.1) is 0 Å². The molecule has 1 saturated heterocycles. The molecule has 6 heteroatoms. The maximum absolute atomic E-state index is 11.7. The van der Waals surface area contributed by atoms with E-state index in [1.165, 1.54) is 4.68 Å². The van der Waals surface area contributed by atoms with Crippen molar-refractivity contribution in [1.82, 2.24) is 15.1 Å². The van der Waals surface area contributed by atoms with Gasteiger partial charge in [0.05, 0.1) is 11.9 Å². The molecule has 0 aliphatic carbocycles. The lowest BCUT2D eigenvalue weighted by Gasteiger charge is -2.33. The lowest BCUT2D eigenvalue weighted by Crippen LogP contribution is -2.45. The highest BCUT2D eigenvalue weighted by atomic mass is 16.1. The molecule has 2 heterocycles. The topological polar surface area (TPSA) is 67.2 Å². The number of aryl methyl sites for hydroxylation is 1. The number of carbonyl (C=O) groups is 1. The second-order valence-corrected chi connectivity index (χ2v) is 5.61. The zero-order valence-electron chi connectivity index (χ0n) is 12.8. The minimum atomic E-state index is -0.0949. The first-order chi connectivity index (χ1) is 10.1. The van der Waals surface area contributed by atoms with E-state index in [0.29, 0.717) is 6.42 Å². The number of aromatic nitrogens is 2. The largest absolute Gasteiger partial charge is 0.370 e. The molecule has 1 aliphatic rings. The summed E-state index contributed by atoms with van der Waals surface area (Å²) in [5.74, 6) is 0.158. The van der Waals surface area contributed by atoms with Crippen molar-refractivity contribution in [2.24, 2.45) is 7.05 Å². The Balaban J connectivity index is 1.84. The summed E-state index contributed by atoms with van der Waals surface area (Å²) in [7, 11) is 1.64. The first kappa shape index (κ1) is 15.5. The Morgan fingerprint density at radius 3 is 2.76 bits per heavy atom.